The predicted octanol–water partition coefficient (Wildman–Crippen LogP) is 4.45. The molecule has 5 heteroatoms. The highest BCUT2D eigenvalue weighted by atomic mass is 79.9. The van der Waals surface area contributed by atoms with Crippen molar-refractivity contribution >= 4 is 44.5 Å². The van der Waals surface area contributed by atoms with Gasteiger partial charge in [0.25, 0.3) is 5.91 Å². The van der Waals surface area contributed by atoms with Crippen molar-refractivity contribution in [2.75, 3.05) is 0 Å². The maximum absolute atomic E-state index is 12.1. The summed E-state index contributed by atoms with van der Waals surface area (Å²) in [5, 5.41) is 7.00. The Morgan fingerprint density at radius 3 is 2.76 bits per heavy atom. The Morgan fingerprint density at radius 1 is 1.41 bits per heavy atom. The van der Waals surface area contributed by atoms with Crippen LogP contribution in [0.1, 0.15) is 33.9 Å². The number of hydrogen-bond donors (Lipinski definition) is 1. The fraction of sp³-hybridized carbons (Fsp3) is 0.250. The largest absolute Gasteiger partial charge is 0.344 e. The monoisotopic (exact) mass is 329 g/mol. The number of halogens is 1. The van der Waals surface area contributed by atoms with E-state index in [0.29, 0.717) is 0 Å². The number of thiophene rings is 2. The third-order valence-electron chi connectivity index (χ3n) is 2.42. The van der Waals surface area contributed by atoms with Crippen LogP contribution < -0.4 is 5.32 Å². The SMILES string of the molecule is CCC(NC(=O)c1sccc1Br)c1cccs1. The Balaban J connectivity index is 2.10. The summed E-state index contributed by atoms with van der Waals surface area (Å²) in [7, 11) is 0. The Kier molecular flexibility index (Phi) is 4.36. The second kappa shape index (κ2) is 5.80. The maximum Gasteiger partial charge on any atom is 0.263 e. The summed E-state index contributed by atoms with van der Waals surface area (Å²) in [6, 6.07) is 6.07. The van der Waals surface area contributed by atoms with Gasteiger partial charge in [-0.25, -0.2) is 0 Å². The Morgan fingerprint density at radius 2 is 2.24 bits per heavy atom. The normalized spacial score (nSPS) is 12.4. The van der Waals surface area contributed by atoms with E-state index in [0.717, 1.165) is 15.8 Å². The van der Waals surface area contributed by atoms with Crippen LogP contribution in [0.25, 0.3) is 0 Å². The van der Waals surface area contributed by atoms with E-state index in [2.05, 4.69) is 34.2 Å². The average molecular weight is 330 g/mol. The molecule has 0 fully saturated rings. The van der Waals surface area contributed by atoms with E-state index in [1.165, 1.54) is 16.2 Å². The molecule has 0 saturated heterocycles. The van der Waals surface area contributed by atoms with E-state index in [1.54, 1.807) is 11.3 Å². The van der Waals surface area contributed by atoms with Gasteiger partial charge in [0.2, 0.25) is 0 Å². The third-order valence-corrected chi connectivity index (χ3v) is 5.25. The van der Waals surface area contributed by atoms with Crippen molar-refractivity contribution in [3.05, 3.63) is 43.2 Å². The maximum atomic E-state index is 12.1. The van der Waals surface area contributed by atoms with Gasteiger partial charge in [-0.3, -0.25) is 4.79 Å². The van der Waals surface area contributed by atoms with E-state index in [1.807, 2.05) is 22.9 Å². The summed E-state index contributed by atoms with van der Waals surface area (Å²) < 4.78 is 0.862. The average Bonchev–Trinajstić information content (AvgIpc) is 2.96. The molecule has 2 aromatic heterocycles. The van der Waals surface area contributed by atoms with E-state index >= 15 is 0 Å². The van der Waals surface area contributed by atoms with Crippen molar-refractivity contribution in [2.45, 2.75) is 19.4 Å². The second-order valence-corrected chi connectivity index (χ2v) is 6.30. The van der Waals surface area contributed by atoms with Crippen LogP contribution in [0.2, 0.25) is 0 Å². The molecule has 0 bridgehead atoms. The molecule has 0 aromatic carbocycles. The zero-order valence-electron chi connectivity index (χ0n) is 9.27. The highest BCUT2D eigenvalue weighted by Gasteiger charge is 2.17. The summed E-state index contributed by atoms with van der Waals surface area (Å²) in [5.74, 6) is -0.00729. The smallest absolute Gasteiger partial charge is 0.263 e. The first kappa shape index (κ1) is 12.8. The van der Waals surface area contributed by atoms with Gasteiger partial charge in [-0.05, 0) is 45.2 Å². The lowest BCUT2D eigenvalue weighted by Crippen LogP contribution is -2.27. The van der Waals surface area contributed by atoms with Crippen LogP contribution in [0.5, 0.6) is 0 Å². The molecule has 2 aromatic rings. The summed E-state index contributed by atoms with van der Waals surface area (Å²) >= 11 is 6.51. The molecule has 1 atom stereocenters. The minimum Gasteiger partial charge on any atom is -0.344 e. The number of rotatable bonds is 4. The van der Waals surface area contributed by atoms with Crippen molar-refractivity contribution in [3.8, 4) is 0 Å². The second-order valence-electron chi connectivity index (χ2n) is 3.55. The lowest BCUT2D eigenvalue weighted by atomic mass is 10.2. The van der Waals surface area contributed by atoms with Gasteiger partial charge >= 0.3 is 0 Å². The van der Waals surface area contributed by atoms with Gasteiger partial charge in [0, 0.05) is 9.35 Å². The molecule has 0 aliphatic carbocycles. The predicted molar refractivity (Wildman–Crippen MR) is 76.8 cm³/mol. The first-order valence-corrected chi connectivity index (χ1v) is 7.85. The van der Waals surface area contributed by atoms with Crippen molar-refractivity contribution in [2.24, 2.45) is 0 Å². The first-order valence-electron chi connectivity index (χ1n) is 5.29. The fourth-order valence-corrected chi connectivity index (χ4v) is 3.86. The lowest BCUT2D eigenvalue weighted by Gasteiger charge is -2.14. The number of nitrogens with one attached hydrogen (secondary N) is 1. The van der Waals surface area contributed by atoms with Gasteiger partial charge in [0.1, 0.15) is 4.88 Å². The van der Waals surface area contributed by atoms with E-state index < -0.39 is 0 Å². The molecule has 2 nitrogen and oxygen atoms in total. The quantitative estimate of drug-likeness (QED) is 0.881. The van der Waals surface area contributed by atoms with Crippen LogP contribution in [-0.2, 0) is 0 Å². The van der Waals surface area contributed by atoms with Gasteiger partial charge in [0.05, 0.1) is 6.04 Å². The van der Waals surface area contributed by atoms with Crippen LogP contribution in [0.3, 0.4) is 0 Å². The van der Waals surface area contributed by atoms with Crippen molar-refractivity contribution < 1.29 is 4.79 Å². The molecule has 1 N–H and O–H groups in total. The van der Waals surface area contributed by atoms with E-state index in [9.17, 15) is 4.79 Å². The topological polar surface area (TPSA) is 29.1 Å². The van der Waals surface area contributed by atoms with Crippen molar-refractivity contribution in [1.29, 1.82) is 0 Å². The molecule has 90 valence electrons. The van der Waals surface area contributed by atoms with Crippen LogP contribution in [-0.4, -0.2) is 5.91 Å². The van der Waals surface area contributed by atoms with Crippen LogP contribution in [0.15, 0.2) is 33.4 Å². The summed E-state index contributed by atoms with van der Waals surface area (Å²) in [5.41, 5.74) is 0. The summed E-state index contributed by atoms with van der Waals surface area (Å²) in [4.78, 5) is 14.0. The van der Waals surface area contributed by atoms with Gasteiger partial charge in [0.15, 0.2) is 0 Å². The van der Waals surface area contributed by atoms with Gasteiger partial charge < -0.3 is 5.32 Å². The summed E-state index contributed by atoms with van der Waals surface area (Å²) in [6.45, 7) is 2.08. The van der Waals surface area contributed by atoms with Crippen molar-refractivity contribution in [1.82, 2.24) is 5.32 Å². The molecular formula is C12H12BrNOS2. The minimum absolute atomic E-state index is 0.00729. The Hall–Kier alpha value is -0.650. The highest BCUT2D eigenvalue weighted by molar-refractivity contribution is 9.10. The molecule has 1 unspecified atom stereocenters. The highest BCUT2D eigenvalue weighted by Crippen LogP contribution is 2.26. The molecule has 1 amide bonds. The molecule has 0 saturated carbocycles. The number of hydrogen-bond acceptors (Lipinski definition) is 3. The van der Waals surface area contributed by atoms with E-state index in [4.69, 9.17) is 0 Å². The third kappa shape index (κ3) is 2.97. The van der Waals surface area contributed by atoms with Crippen LogP contribution in [0.4, 0.5) is 0 Å². The fourth-order valence-electron chi connectivity index (χ4n) is 1.54. The van der Waals surface area contributed by atoms with Crippen LogP contribution >= 0.6 is 38.6 Å². The Labute approximate surface area is 117 Å². The molecular weight excluding hydrogens is 318 g/mol. The number of carbonyl (C=O) groups excluding carboxylic acids is 1. The molecule has 2 heterocycles. The van der Waals surface area contributed by atoms with E-state index in [-0.39, 0.29) is 11.9 Å². The summed E-state index contributed by atoms with van der Waals surface area (Å²) in [6.07, 6.45) is 0.898. The van der Waals surface area contributed by atoms with Crippen molar-refractivity contribution in [3.63, 3.8) is 0 Å². The van der Waals surface area contributed by atoms with Gasteiger partial charge in [-0.2, -0.15) is 0 Å². The van der Waals surface area contributed by atoms with Crippen LogP contribution in [0, 0.1) is 0 Å². The number of carbonyl (C=O) groups is 1. The molecule has 0 spiro atoms. The molecule has 2 rings (SSSR count). The standard InChI is InChI=1S/C12H12BrNOS2/c1-2-9(10-4-3-6-16-10)14-12(15)11-8(13)5-7-17-11/h3-7,9H,2H2,1H3,(H,14,15). The molecule has 0 radical (unpaired) electrons. The lowest BCUT2D eigenvalue weighted by molar-refractivity contribution is 0.0939. The van der Waals surface area contributed by atoms with Gasteiger partial charge in [-0.15, -0.1) is 22.7 Å². The van der Waals surface area contributed by atoms with Gasteiger partial charge in [-0.1, -0.05) is 13.0 Å². The minimum atomic E-state index is -0.00729. The zero-order chi connectivity index (χ0) is 12.3. The zero-order valence-corrected chi connectivity index (χ0v) is 12.5. The molecule has 17 heavy (non-hydrogen) atoms. The first-order chi connectivity index (χ1) is 8.22. The Bertz CT molecular complexity index is 492. The number of amides is 1. The molecule has 0 aliphatic rings. The molecule has 0 aliphatic heterocycles.